The molecule has 86 valence electrons. The Hall–Kier alpha value is -1.18. The van der Waals surface area contributed by atoms with Crippen LogP contribution in [0.15, 0.2) is 35.4 Å². The summed E-state index contributed by atoms with van der Waals surface area (Å²) >= 11 is 0. The maximum absolute atomic E-state index is 11.4. The molecular formula is C9H10N2O3S2. The van der Waals surface area contributed by atoms with Crippen LogP contribution in [-0.2, 0) is 21.0 Å². The summed E-state index contributed by atoms with van der Waals surface area (Å²) in [7, 11) is -5.12. The van der Waals surface area contributed by atoms with Crippen LogP contribution in [0.25, 0.3) is 10.9 Å². The average molecular weight is 258 g/mol. The highest BCUT2D eigenvalue weighted by Crippen LogP contribution is 2.24. The molecule has 5 nitrogen and oxygen atoms in total. The van der Waals surface area contributed by atoms with Crippen molar-refractivity contribution in [3.05, 3.63) is 30.5 Å². The van der Waals surface area contributed by atoms with E-state index in [0.29, 0.717) is 10.9 Å². The largest absolute Gasteiger partial charge is 0.265 e. The van der Waals surface area contributed by atoms with Gasteiger partial charge in [-0.1, -0.05) is 18.2 Å². The number of nitrogens with two attached hydrogens (primary N) is 1. The first-order chi connectivity index (χ1) is 7.41. The minimum Gasteiger partial charge on any atom is -0.265 e. The van der Waals surface area contributed by atoms with E-state index in [1.165, 1.54) is 16.4 Å². The zero-order chi connectivity index (χ0) is 11.9. The van der Waals surface area contributed by atoms with Crippen molar-refractivity contribution in [2.24, 2.45) is 5.14 Å². The highest BCUT2D eigenvalue weighted by atomic mass is 32.2. The van der Waals surface area contributed by atoms with E-state index in [1.807, 2.05) is 0 Å². The Labute approximate surface area is 95.5 Å². The van der Waals surface area contributed by atoms with Crippen molar-refractivity contribution in [1.82, 2.24) is 3.97 Å². The van der Waals surface area contributed by atoms with Crippen molar-refractivity contribution in [2.75, 3.05) is 6.26 Å². The van der Waals surface area contributed by atoms with Crippen molar-refractivity contribution in [3.8, 4) is 0 Å². The third-order valence-corrected chi connectivity index (χ3v) is 4.02. The molecule has 1 unspecified atom stereocenters. The van der Waals surface area contributed by atoms with Gasteiger partial charge in [-0.2, -0.15) is 0 Å². The Balaban J connectivity index is 2.93. The SMILES string of the molecule is CS(=O)n1cc(S(N)(=O)=O)c2ccccc21. The van der Waals surface area contributed by atoms with Crippen LogP contribution in [0.5, 0.6) is 0 Å². The molecule has 1 aromatic heterocycles. The molecule has 16 heavy (non-hydrogen) atoms. The number of hydrogen-bond acceptors (Lipinski definition) is 3. The number of hydrogen-bond donors (Lipinski definition) is 1. The van der Waals surface area contributed by atoms with Crippen LogP contribution < -0.4 is 5.14 Å². The third-order valence-electron chi connectivity index (χ3n) is 2.22. The fourth-order valence-corrected chi connectivity index (χ4v) is 3.05. The molecule has 1 heterocycles. The molecule has 0 spiro atoms. The van der Waals surface area contributed by atoms with Crippen LogP contribution in [-0.4, -0.2) is 22.9 Å². The number of aromatic nitrogens is 1. The predicted molar refractivity (Wildman–Crippen MR) is 62.8 cm³/mol. The van der Waals surface area contributed by atoms with Gasteiger partial charge in [-0.25, -0.2) is 17.8 Å². The normalized spacial score (nSPS) is 14.1. The first-order valence-corrected chi connectivity index (χ1v) is 7.44. The first-order valence-electron chi connectivity index (χ1n) is 4.38. The summed E-state index contributed by atoms with van der Waals surface area (Å²) in [5.41, 5.74) is 0.590. The molecule has 0 aliphatic heterocycles. The fourth-order valence-electron chi connectivity index (χ4n) is 1.56. The van der Waals surface area contributed by atoms with Gasteiger partial charge < -0.3 is 0 Å². The maximum Gasteiger partial charge on any atom is 0.240 e. The molecule has 0 saturated heterocycles. The third kappa shape index (κ3) is 1.77. The number of para-hydroxylation sites is 1. The Bertz CT molecular complexity index is 673. The van der Waals surface area contributed by atoms with E-state index in [4.69, 9.17) is 5.14 Å². The van der Waals surface area contributed by atoms with Gasteiger partial charge in [-0.3, -0.25) is 3.97 Å². The van der Waals surface area contributed by atoms with Gasteiger partial charge in [0.1, 0.15) is 15.9 Å². The summed E-state index contributed by atoms with van der Waals surface area (Å²) in [5.74, 6) is 0. The van der Waals surface area contributed by atoms with Crippen molar-refractivity contribution >= 4 is 31.9 Å². The van der Waals surface area contributed by atoms with E-state index in [2.05, 4.69) is 0 Å². The zero-order valence-electron chi connectivity index (χ0n) is 8.45. The molecule has 0 radical (unpaired) electrons. The van der Waals surface area contributed by atoms with Crippen molar-refractivity contribution < 1.29 is 12.6 Å². The van der Waals surface area contributed by atoms with Crippen LogP contribution >= 0.6 is 0 Å². The molecule has 1 aromatic carbocycles. The topological polar surface area (TPSA) is 82.2 Å². The number of fused-ring (bicyclic) bond motifs is 1. The van der Waals surface area contributed by atoms with Gasteiger partial charge in [0.05, 0.1) is 5.52 Å². The van der Waals surface area contributed by atoms with Crippen LogP contribution in [0.4, 0.5) is 0 Å². The smallest absolute Gasteiger partial charge is 0.240 e. The van der Waals surface area contributed by atoms with Crippen LogP contribution in [0.2, 0.25) is 0 Å². The Morgan fingerprint density at radius 2 is 1.94 bits per heavy atom. The second-order valence-corrected chi connectivity index (χ2v) is 6.08. The highest BCUT2D eigenvalue weighted by molar-refractivity contribution is 7.89. The zero-order valence-corrected chi connectivity index (χ0v) is 10.1. The van der Waals surface area contributed by atoms with Crippen LogP contribution in [0.1, 0.15) is 0 Å². The monoisotopic (exact) mass is 258 g/mol. The van der Waals surface area contributed by atoms with Gasteiger partial charge in [-0.05, 0) is 6.07 Å². The van der Waals surface area contributed by atoms with Crippen LogP contribution in [0, 0.1) is 0 Å². The molecule has 0 fully saturated rings. The van der Waals surface area contributed by atoms with Gasteiger partial charge in [-0.15, -0.1) is 0 Å². The van der Waals surface area contributed by atoms with E-state index in [1.54, 1.807) is 24.3 Å². The summed E-state index contributed by atoms with van der Waals surface area (Å²) in [5, 5.41) is 5.58. The number of primary sulfonamides is 1. The van der Waals surface area contributed by atoms with Gasteiger partial charge >= 0.3 is 0 Å². The Morgan fingerprint density at radius 3 is 2.50 bits per heavy atom. The summed E-state index contributed by atoms with van der Waals surface area (Å²) in [6.45, 7) is 0. The quantitative estimate of drug-likeness (QED) is 0.848. The lowest BCUT2D eigenvalue weighted by atomic mass is 10.2. The van der Waals surface area contributed by atoms with E-state index in [0.717, 1.165) is 0 Å². The Morgan fingerprint density at radius 1 is 1.31 bits per heavy atom. The van der Waals surface area contributed by atoms with Gasteiger partial charge in [0.25, 0.3) is 0 Å². The first kappa shape index (κ1) is 11.3. The molecule has 0 bridgehead atoms. The molecule has 0 saturated carbocycles. The molecule has 2 N–H and O–H groups in total. The minimum atomic E-state index is -3.80. The fraction of sp³-hybridized carbons (Fsp3) is 0.111. The number of nitrogens with zero attached hydrogens (tertiary/aromatic N) is 1. The van der Waals surface area contributed by atoms with Crippen molar-refractivity contribution in [3.63, 3.8) is 0 Å². The van der Waals surface area contributed by atoms with Crippen LogP contribution in [0.3, 0.4) is 0 Å². The Kier molecular flexibility index (Phi) is 2.61. The summed E-state index contributed by atoms with van der Waals surface area (Å²) in [6, 6.07) is 6.79. The molecule has 0 aliphatic carbocycles. The molecule has 2 rings (SSSR count). The lowest BCUT2D eigenvalue weighted by Crippen LogP contribution is -2.11. The van der Waals surface area contributed by atoms with E-state index < -0.39 is 21.0 Å². The molecule has 0 amide bonds. The molecule has 1 atom stereocenters. The number of benzene rings is 1. The van der Waals surface area contributed by atoms with E-state index in [-0.39, 0.29) is 4.90 Å². The van der Waals surface area contributed by atoms with Crippen molar-refractivity contribution in [1.29, 1.82) is 0 Å². The van der Waals surface area contributed by atoms with E-state index >= 15 is 0 Å². The van der Waals surface area contributed by atoms with Gasteiger partial charge in [0, 0.05) is 17.8 Å². The second kappa shape index (κ2) is 3.69. The minimum absolute atomic E-state index is 0.00157. The average Bonchev–Trinajstić information content (AvgIpc) is 2.56. The second-order valence-electron chi connectivity index (χ2n) is 3.31. The maximum atomic E-state index is 11.4. The molecule has 0 aliphatic rings. The predicted octanol–water partition coefficient (Wildman–Crippen LogP) is 0.430. The molecule has 2 aromatic rings. The standard InChI is InChI=1S/C9H10N2O3S2/c1-15(12)11-6-9(16(10,13)14)7-4-2-3-5-8(7)11/h2-6H,1H3,(H2,10,13,14). The summed E-state index contributed by atoms with van der Waals surface area (Å²) in [4.78, 5) is -0.00157. The molecule has 7 heteroatoms. The lowest BCUT2D eigenvalue weighted by molar-refractivity contribution is 0.598. The van der Waals surface area contributed by atoms with Crippen molar-refractivity contribution in [2.45, 2.75) is 4.90 Å². The number of rotatable bonds is 2. The summed E-state index contributed by atoms with van der Waals surface area (Å²) < 4.78 is 35.5. The van der Waals surface area contributed by atoms with E-state index in [9.17, 15) is 12.6 Å². The lowest BCUT2D eigenvalue weighted by Gasteiger charge is -1.97. The molecular weight excluding hydrogens is 248 g/mol. The highest BCUT2D eigenvalue weighted by Gasteiger charge is 2.17. The van der Waals surface area contributed by atoms with Gasteiger partial charge in [0.15, 0.2) is 0 Å². The summed E-state index contributed by atoms with van der Waals surface area (Å²) in [6.07, 6.45) is 2.77. The number of sulfonamides is 1. The van der Waals surface area contributed by atoms with Gasteiger partial charge in [0.2, 0.25) is 10.0 Å².